The average Bonchev–Trinajstić information content (AvgIpc) is 2.03. The van der Waals surface area contributed by atoms with Gasteiger partial charge in [0.2, 0.25) is 0 Å². The molecule has 2 N–H and O–H groups in total. The molecule has 0 atom stereocenters. The largest absolute Gasteiger partial charge is 0.400 e. The molecule has 0 aliphatic rings. The van der Waals surface area contributed by atoms with Crippen LogP contribution in [0, 0.1) is 0 Å². The van der Waals surface area contributed by atoms with Crippen LogP contribution < -0.4 is 0 Å². The summed E-state index contributed by atoms with van der Waals surface area (Å²) in [7, 11) is 2.00. The Labute approximate surface area is 82.7 Å². The monoisotopic (exact) mass is 188 g/mol. The zero-order valence-corrected chi connectivity index (χ0v) is 6.89. The van der Waals surface area contributed by atoms with E-state index in [2.05, 4.69) is 0 Å². The van der Waals surface area contributed by atoms with E-state index in [9.17, 15) is 0 Å². The van der Waals surface area contributed by atoms with Gasteiger partial charge in [-0.3, -0.25) is 0 Å². The van der Waals surface area contributed by atoms with Gasteiger partial charge in [-0.1, -0.05) is 57.4 Å². The molecule has 2 heteroatoms. The van der Waals surface area contributed by atoms with Crippen LogP contribution in [0.25, 0.3) is 0 Å². The summed E-state index contributed by atoms with van der Waals surface area (Å²) >= 11 is 0. The second-order valence-electron chi connectivity index (χ2n) is 0. The van der Waals surface area contributed by atoms with E-state index in [0.717, 1.165) is 14.2 Å². The highest BCUT2D eigenvalue weighted by Crippen LogP contribution is 1.15. The van der Waals surface area contributed by atoms with Gasteiger partial charge in [0, 0.05) is 14.2 Å². The summed E-state index contributed by atoms with van der Waals surface area (Å²) < 4.78 is 0. The molecule has 0 fully saturated rings. The summed E-state index contributed by atoms with van der Waals surface area (Å²) in [5.41, 5.74) is 0. The van der Waals surface area contributed by atoms with Crippen LogP contribution in [0.1, 0.15) is 57.4 Å². The maximum Gasteiger partial charge on any atom is 0.0319 e. The second kappa shape index (κ2) is 168000. The standard InChI is InChI=1S/2C2H6.2CH4O.4CH4/c4*1-2;;;;/h2*1-2H3;2*2H,1H3;4*1H4. The normalized spacial score (nSPS) is 2.00. The molecule has 0 aliphatic carbocycles. The van der Waals surface area contributed by atoms with Crippen molar-refractivity contribution in [2.24, 2.45) is 0 Å². The first-order valence-corrected chi connectivity index (χ1v) is 2.89. The molecule has 0 bridgehead atoms. The van der Waals surface area contributed by atoms with Gasteiger partial charge < -0.3 is 10.2 Å². The predicted octanol–water partition coefficient (Wildman–Crippen LogP) is 3.81. The average molecular weight is 188 g/mol. The van der Waals surface area contributed by atoms with Crippen molar-refractivity contribution in [3.05, 3.63) is 0 Å². The molecule has 0 saturated heterocycles. The Morgan fingerprint density at radius 1 is 0.417 bits per heavy atom. The van der Waals surface area contributed by atoms with E-state index in [0.29, 0.717) is 0 Å². The highest BCUT2D eigenvalue weighted by molar-refractivity contribution is 3.51. The maximum atomic E-state index is 7.00. The molecular weight excluding hydrogens is 152 g/mol. The fourth-order valence-corrected chi connectivity index (χ4v) is 0. The third-order valence-electron chi connectivity index (χ3n) is 0. The van der Waals surface area contributed by atoms with Gasteiger partial charge >= 0.3 is 0 Å². The molecule has 2 nitrogen and oxygen atoms in total. The zero-order valence-electron chi connectivity index (χ0n) is 6.89. The van der Waals surface area contributed by atoms with Crippen LogP contribution in [-0.2, 0) is 0 Å². The predicted molar refractivity (Wildman–Crippen MR) is 65.9 cm³/mol. The summed E-state index contributed by atoms with van der Waals surface area (Å²) in [4.78, 5) is 0. The van der Waals surface area contributed by atoms with E-state index in [-0.39, 0.29) is 29.7 Å². The summed E-state index contributed by atoms with van der Waals surface area (Å²) in [5.74, 6) is 0. The van der Waals surface area contributed by atoms with E-state index in [1.807, 2.05) is 27.7 Å². The smallest absolute Gasteiger partial charge is 0.0319 e. The number of aliphatic hydroxyl groups is 2. The van der Waals surface area contributed by atoms with Crippen LogP contribution in [0.5, 0.6) is 0 Å². The van der Waals surface area contributed by atoms with Crippen molar-refractivity contribution in [3.8, 4) is 0 Å². The SMILES string of the molecule is C.C.C.C.CC.CC.CO.CO. The van der Waals surface area contributed by atoms with Crippen molar-refractivity contribution in [2.75, 3.05) is 14.2 Å². The van der Waals surface area contributed by atoms with Gasteiger partial charge in [0.05, 0.1) is 0 Å². The van der Waals surface area contributed by atoms with Gasteiger partial charge in [-0.15, -0.1) is 0 Å². The van der Waals surface area contributed by atoms with Gasteiger partial charge in [-0.05, 0) is 0 Å². The first kappa shape index (κ1) is 92.5. The maximum absolute atomic E-state index is 7.00. The Hall–Kier alpha value is -0.0800. The van der Waals surface area contributed by atoms with E-state index >= 15 is 0 Å². The van der Waals surface area contributed by atoms with E-state index in [1.165, 1.54) is 0 Å². The van der Waals surface area contributed by atoms with E-state index in [1.54, 1.807) is 0 Å². The van der Waals surface area contributed by atoms with Crippen molar-refractivity contribution < 1.29 is 10.2 Å². The number of hydrogen-bond acceptors (Lipinski definition) is 2. The minimum absolute atomic E-state index is 0. The molecule has 12 heavy (non-hydrogen) atoms. The van der Waals surface area contributed by atoms with Crippen molar-refractivity contribution in [1.82, 2.24) is 0 Å². The molecule has 0 saturated carbocycles. The Morgan fingerprint density at radius 2 is 0.417 bits per heavy atom. The third kappa shape index (κ3) is 123000. The lowest BCUT2D eigenvalue weighted by Gasteiger charge is -1.21. The van der Waals surface area contributed by atoms with Gasteiger partial charge in [0.15, 0.2) is 0 Å². The Morgan fingerprint density at radius 3 is 0.417 bits per heavy atom. The van der Waals surface area contributed by atoms with Gasteiger partial charge in [-0.2, -0.15) is 0 Å². The summed E-state index contributed by atoms with van der Waals surface area (Å²) in [6.45, 7) is 8.00. The molecule has 0 aromatic heterocycles. The van der Waals surface area contributed by atoms with Gasteiger partial charge in [-0.25, -0.2) is 0 Å². The molecule has 0 aliphatic heterocycles. The lowest BCUT2D eigenvalue weighted by molar-refractivity contribution is 0.399. The third-order valence-corrected chi connectivity index (χ3v) is 0. The lowest BCUT2D eigenvalue weighted by atomic mass is 11.0. The molecule has 0 spiro atoms. The van der Waals surface area contributed by atoms with Crippen molar-refractivity contribution in [1.29, 1.82) is 0 Å². The Kier molecular flexibility index (Phi) is 1290000. The van der Waals surface area contributed by atoms with Crippen molar-refractivity contribution in [2.45, 2.75) is 57.4 Å². The first-order chi connectivity index (χ1) is 4.00. The molecule has 0 unspecified atom stereocenters. The molecule has 88 valence electrons. The highest BCUT2D eigenvalue weighted by atomic mass is 16.2. The molecule has 0 rings (SSSR count). The van der Waals surface area contributed by atoms with Crippen LogP contribution in [0.3, 0.4) is 0 Å². The minimum atomic E-state index is 0. The number of hydrogen-bond donors (Lipinski definition) is 2. The van der Waals surface area contributed by atoms with Gasteiger partial charge in [0.1, 0.15) is 0 Å². The van der Waals surface area contributed by atoms with Crippen molar-refractivity contribution in [3.63, 3.8) is 0 Å². The Bertz CT molecular complexity index is 7.80. The fourth-order valence-electron chi connectivity index (χ4n) is 0. The fraction of sp³-hybridized carbons (Fsp3) is 1.00. The lowest BCUT2D eigenvalue weighted by Crippen LogP contribution is -1.25. The summed E-state index contributed by atoms with van der Waals surface area (Å²) in [5, 5.41) is 14.0. The number of aliphatic hydroxyl groups excluding tert-OH is 2. The van der Waals surface area contributed by atoms with E-state index in [4.69, 9.17) is 10.2 Å². The number of rotatable bonds is 0. The zero-order chi connectivity index (χ0) is 8.00. The summed E-state index contributed by atoms with van der Waals surface area (Å²) in [6, 6.07) is 0. The van der Waals surface area contributed by atoms with Crippen LogP contribution >= 0.6 is 0 Å². The first-order valence-electron chi connectivity index (χ1n) is 2.89. The van der Waals surface area contributed by atoms with Crippen molar-refractivity contribution >= 4 is 0 Å². The van der Waals surface area contributed by atoms with Crippen LogP contribution in [0.15, 0.2) is 0 Å². The van der Waals surface area contributed by atoms with Crippen LogP contribution in [0.2, 0.25) is 0 Å². The van der Waals surface area contributed by atoms with E-state index < -0.39 is 0 Å². The van der Waals surface area contributed by atoms with Crippen LogP contribution in [-0.4, -0.2) is 24.4 Å². The molecular formula is C10H36O2. The van der Waals surface area contributed by atoms with Crippen LogP contribution in [0.4, 0.5) is 0 Å². The summed E-state index contributed by atoms with van der Waals surface area (Å²) in [6.07, 6.45) is 0. The minimum Gasteiger partial charge on any atom is -0.400 e. The highest BCUT2D eigenvalue weighted by Gasteiger charge is 0.934. The topological polar surface area (TPSA) is 40.5 Å². The molecule has 0 aromatic rings. The quantitative estimate of drug-likeness (QED) is 0.607. The second-order valence-corrected chi connectivity index (χ2v) is 0. The molecule has 0 amide bonds. The molecule has 0 heterocycles. The Balaban J connectivity index is -0.00000000267. The van der Waals surface area contributed by atoms with Gasteiger partial charge in [0.25, 0.3) is 0 Å². The molecule has 0 aromatic carbocycles. The molecule has 0 radical (unpaired) electrons.